The number of likely N-dealkylation sites (tertiary alicyclic amines) is 1. The highest BCUT2D eigenvalue weighted by atomic mass is 79.9. The summed E-state index contributed by atoms with van der Waals surface area (Å²) < 4.78 is 46.7. The fourth-order valence-corrected chi connectivity index (χ4v) is 5.67. The fourth-order valence-electron chi connectivity index (χ4n) is 4.99. The smallest absolute Gasteiger partial charge is 0.290 e. The van der Waals surface area contributed by atoms with E-state index in [1.807, 2.05) is 0 Å². The summed E-state index contributed by atoms with van der Waals surface area (Å²) in [6.45, 7) is 2.42. The Balaban J connectivity index is 1.77. The van der Waals surface area contributed by atoms with E-state index in [1.54, 1.807) is 43.3 Å². The van der Waals surface area contributed by atoms with Gasteiger partial charge in [0.15, 0.2) is 0 Å². The molecular weight excluding hydrogens is 585 g/mol. The second-order valence-electron chi connectivity index (χ2n) is 9.43. The minimum absolute atomic E-state index is 0.112. The molecule has 13 heteroatoms. The van der Waals surface area contributed by atoms with Gasteiger partial charge in [-0.3, -0.25) is 19.3 Å². The number of nitrogens with two attached hydrogens (primary N) is 1. The molecule has 1 fully saturated rings. The number of aryl methyl sites for hydroxylation is 1. The third kappa shape index (κ3) is 5.70. The van der Waals surface area contributed by atoms with Crippen LogP contribution in [-0.4, -0.2) is 54.7 Å². The number of halogens is 4. The van der Waals surface area contributed by atoms with E-state index in [9.17, 15) is 22.8 Å². The van der Waals surface area contributed by atoms with E-state index in [4.69, 9.17) is 18.1 Å². The number of carbonyl (C=O) groups is 1. The van der Waals surface area contributed by atoms with Gasteiger partial charge in [0.05, 0.1) is 23.6 Å². The zero-order chi connectivity index (χ0) is 27.8. The summed E-state index contributed by atoms with van der Waals surface area (Å²) in [6, 6.07) is 7.07. The lowest BCUT2D eigenvalue weighted by molar-refractivity contribution is -0.190. The van der Waals surface area contributed by atoms with Crippen molar-refractivity contribution in [3.63, 3.8) is 0 Å². The molecule has 0 bridgehead atoms. The second kappa shape index (κ2) is 11.2. The zero-order valence-corrected chi connectivity index (χ0v) is 23.3. The highest BCUT2D eigenvalue weighted by Gasteiger charge is 2.48. The molecule has 2 aromatic heterocycles. The standard InChI is InChI=1S/C25H28BrF3N6O2S/c1-15-10-11-17-19(13-15)34(16(2)36)24(37)33(17)14-20(25(27,28)29)32-12-5-3-4-7-18(32)23(38)35(30)22-9-6-8-21(26)31-22/h6,8-11,13,18,20H,3-5,7,12,14,30H2,1-2H3/t18-,20?/m0/s1. The normalized spacial score (nSPS) is 17.8. The van der Waals surface area contributed by atoms with Gasteiger partial charge in [-0.2, -0.15) is 13.2 Å². The van der Waals surface area contributed by atoms with E-state index >= 15 is 0 Å². The molecule has 1 aromatic carbocycles. The fraction of sp³-hybridized carbons (Fsp3) is 0.440. The summed E-state index contributed by atoms with van der Waals surface area (Å²) in [5, 5.41) is 1.15. The number of hydrogen-bond acceptors (Lipinski definition) is 6. The van der Waals surface area contributed by atoms with E-state index in [1.165, 1.54) is 11.8 Å². The number of pyridine rings is 1. The summed E-state index contributed by atoms with van der Waals surface area (Å²) in [7, 11) is 0. The Bertz CT molecular complexity index is 1420. The number of carbonyl (C=O) groups excluding carboxylic acids is 1. The highest BCUT2D eigenvalue weighted by molar-refractivity contribution is 9.10. The molecule has 0 saturated carbocycles. The first-order valence-corrected chi connectivity index (χ1v) is 13.4. The van der Waals surface area contributed by atoms with Gasteiger partial charge in [0.25, 0.3) is 0 Å². The largest absolute Gasteiger partial charge is 0.405 e. The molecule has 1 unspecified atom stereocenters. The molecule has 8 nitrogen and oxygen atoms in total. The highest BCUT2D eigenvalue weighted by Crippen LogP contribution is 2.33. The van der Waals surface area contributed by atoms with Crippen molar-refractivity contribution in [2.45, 2.75) is 64.3 Å². The van der Waals surface area contributed by atoms with Crippen LogP contribution in [0.4, 0.5) is 19.0 Å². The molecule has 1 saturated heterocycles. The lowest BCUT2D eigenvalue weighted by Gasteiger charge is -2.39. The van der Waals surface area contributed by atoms with Gasteiger partial charge in [0, 0.05) is 6.92 Å². The molecule has 0 aliphatic carbocycles. The number of rotatable bonds is 5. The first-order valence-electron chi connectivity index (χ1n) is 12.2. The number of alkyl halides is 3. The van der Waals surface area contributed by atoms with Gasteiger partial charge in [-0.1, -0.05) is 37.2 Å². The van der Waals surface area contributed by atoms with Crippen molar-refractivity contribution < 1.29 is 18.0 Å². The number of nitrogens with zero attached hydrogens (tertiary/aromatic N) is 5. The molecule has 2 N–H and O–H groups in total. The first-order chi connectivity index (χ1) is 17.9. The SMILES string of the molecule is CC(=O)n1c(=O)n(CC(N2CCCCC[C@H]2C(=S)N(N)c2cccc(Br)n2)C(F)(F)F)c2ccc(C)cc21. The predicted molar refractivity (Wildman–Crippen MR) is 147 cm³/mol. The molecule has 0 amide bonds. The van der Waals surface area contributed by atoms with Crippen molar-refractivity contribution in [1.29, 1.82) is 0 Å². The molecule has 2 atom stereocenters. The van der Waals surface area contributed by atoms with Crippen LogP contribution >= 0.6 is 28.1 Å². The zero-order valence-electron chi connectivity index (χ0n) is 20.9. The van der Waals surface area contributed by atoms with Crippen molar-refractivity contribution in [3.8, 4) is 0 Å². The maximum atomic E-state index is 14.8. The lowest BCUT2D eigenvalue weighted by atomic mass is 10.1. The molecule has 0 spiro atoms. The number of hydrogen-bond donors (Lipinski definition) is 1. The van der Waals surface area contributed by atoms with Crippen LogP contribution in [0.3, 0.4) is 0 Å². The molecule has 4 rings (SSSR count). The molecule has 3 heterocycles. The topological polar surface area (TPSA) is 89.4 Å². The van der Waals surface area contributed by atoms with E-state index in [0.29, 0.717) is 29.7 Å². The van der Waals surface area contributed by atoms with E-state index < -0.39 is 36.4 Å². The maximum Gasteiger partial charge on any atom is 0.405 e. The molecule has 1 aliphatic rings. The first kappa shape index (κ1) is 28.4. The van der Waals surface area contributed by atoms with Crippen molar-refractivity contribution in [3.05, 3.63) is 57.0 Å². The van der Waals surface area contributed by atoms with E-state index in [0.717, 1.165) is 26.1 Å². The molecule has 0 radical (unpaired) electrons. The average Bonchev–Trinajstić information content (AvgIpc) is 2.97. The van der Waals surface area contributed by atoms with Crippen LogP contribution in [-0.2, 0) is 6.54 Å². The minimum atomic E-state index is -4.69. The molecule has 3 aromatic rings. The summed E-state index contributed by atoms with van der Waals surface area (Å²) in [5.41, 5.74) is 0.511. The van der Waals surface area contributed by atoms with Crippen LogP contribution in [0.15, 0.2) is 45.8 Å². The maximum absolute atomic E-state index is 14.8. The quantitative estimate of drug-likeness (QED) is 0.191. The Labute approximate surface area is 231 Å². The van der Waals surface area contributed by atoms with Gasteiger partial charge in [-0.25, -0.2) is 20.2 Å². The van der Waals surface area contributed by atoms with E-state index in [2.05, 4.69) is 20.9 Å². The van der Waals surface area contributed by atoms with Crippen LogP contribution in [0, 0.1) is 6.92 Å². The van der Waals surface area contributed by atoms with Gasteiger partial charge < -0.3 is 0 Å². The van der Waals surface area contributed by atoms with Crippen LogP contribution in [0.25, 0.3) is 11.0 Å². The van der Waals surface area contributed by atoms with Crippen molar-refractivity contribution in [2.75, 3.05) is 11.6 Å². The lowest BCUT2D eigenvalue weighted by Crippen LogP contribution is -2.58. The predicted octanol–water partition coefficient (Wildman–Crippen LogP) is 4.81. The molecule has 204 valence electrons. The van der Waals surface area contributed by atoms with E-state index in [-0.39, 0.29) is 22.6 Å². The summed E-state index contributed by atoms with van der Waals surface area (Å²) >= 11 is 8.92. The summed E-state index contributed by atoms with van der Waals surface area (Å²) in [5.74, 6) is 6.00. The number of thiocarbonyl (C=S) groups is 1. The van der Waals surface area contributed by atoms with Gasteiger partial charge in [-0.15, -0.1) is 0 Å². The minimum Gasteiger partial charge on any atom is -0.290 e. The number of aromatic nitrogens is 3. The van der Waals surface area contributed by atoms with Crippen LogP contribution < -0.4 is 16.5 Å². The van der Waals surface area contributed by atoms with Crippen LogP contribution in [0.1, 0.15) is 43.0 Å². The average molecular weight is 614 g/mol. The molecule has 1 aliphatic heterocycles. The van der Waals surface area contributed by atoms with Gasteiger partial charge in [-0.05, 0) is 72.1 Å². The van der Waals surface area contributed by atoms with Gasteiger partial charge in [0.2, 0.25) is 5.91 Å². The Kier molecular flexibility index (Phi) is 8.40. The van der Waals surface area contributed by atoms with Crippen molar-refractivity contribution in [1.82, 2.24) is 19.0 Å². The van der Waals surface area contributed by atoms with Crippen LogP contribution in [0.5, 0.6) is 0 Å². The Morgan fingerprint density at radius 3 is 2.63 bits per heavy atom. The molecular formula is C25H28BrF3N6O2S. The third-order valence-corrected chi connectivity index (χ3v) is 7.71. The molecule has 38 heavy (non-hydrogen) atoms. The van der Waals surface area contributed by atoms with Gasteiger partial charge in [0.1, 0.15) is 21.5 Å². The van der Waals surface area contributed by atoms with Gasteiger partial charge >= 0.3 is 11.9 Å². The van der Waals surface area contributed by atoms with Crippen molar-refractivity contribution in [2.24, 2.45) is 5.84 Å². The number of imidazole rings is 1. The number of anilines is 1. The third-order valence-electron chi connectivity index (χ3n) is 6.80. The number of hydrazine groups is 1. The van der Waals surface area contributed by atoms with Crippen LogP contribution in [0.2, 0.25) is 0 Å². The summed E-state index contributed by atoms with van der Waals surface area (Å²) in [4.78, 5) is 31.2. The Morgan fingerprint density at radius 1 is 1.24 bits per heavy atom. The second-order valence-corrected chi connectivity index (χ2v) is 10.7. The Hall–Kier alpha value is -2.61. The number of benzene rings is 1. The monoisotopic (exact) mass is 612 g/mol. The Morgan fingerprint density at radius 2 is 1.97 bits per heavy atom. The number of fused-ring (bicyclic) bond motifs is 1. The van der Waals surface area contributed by atoms with Crippen molar-refractivity contribution >= 4 is 55.9 Å². The summed E-state index contributed by atoms with van der Waals surface area (Å²) in [6.07, 6.45) is -2.37.